The third-order valence-corrected chi connectivity index (χ3v) is 4.61. The summed E-state index contributed by atoms with van der Waals surface area (Å²) in [5.74, 6) is -0.496. The normalized spacial score (nSPS) is 26.0. The zero-order valence-electron chi connectivity index (χ0n) is 16.0. The van der Waals surface area contributed by atoms with Gasteiger partial charge in [-0.15, -0.1) is 0 Å². The average molecular weight is 385 g/mol. The molecule has 1 heterocycles. The van der Waals surface area contributed by atoms with E-state index in [0.717, 1.165) is 11.1 Å². The lowest BCUT2D eigenvalue weighted by atomic mass is 10.1. The lowest BCUT2D eigenvalue weighted by Gasteiger charge is -2.30. The molecule has 3 rings (SSSR count). The van der Waals surface area contributed by atoms with Crippen LogP contribution in [0.1, 0.15) is 18.1 Å². The fourth-order valence-corrected chi connectivity index (χ4v) is 3.04. The Balaban J connectivity index is 1.72. The molecule has 6 nitrogen and oxygen atoms in total. The first-order valence-electron chi connectivity index (χ1n) is 9.48. The molecule has 0 amide bonds. The number of ether oxygens (including phenoxy) is 4. The number of rotatable bonds is 6. The minimum atomic E-state index is -0.815. The number of nitrogens with two attached hydrogens (primary N) is 1. The largest absolute Gasteiger partial charge is 0.459 e. The molecule has 1 fully saturated rings. The second-order valence-electron chi connectivity index (χ2n) is 6.88. The van der Waals surface area contributed by atoms with Crippen LogP contribution in [0.15, 0.2) is 60.7 Å². The van der Waals surface area contributed by atoms with Crippen LogP contribution in [-0.4, -0.2) is 43.5 Å². The lowest BCUT2D eigenvalue weighted by molar-refractivity contribution is -0.170. The highest BCUT2D eigenvalue weighted by atomic mass is 16.6. The molecule has 6 heteroatoms. The molecule has 0 unspecified atom stereocenters. The van der Waals surface area contributed by atoms with Crippen LogP contribution in [0, 0.1) is 0 Å². The summed E-state index contributed by atoms with van der Waals surface area (Å²) in [6, 6.07) is 18.9. The van der Waals surface area contributed by atoms with Crippen molar-refractivity contribution in [2.45, 2.75) is 44.5 Å². The molecule has 28 heavy (non-hydrogen) atoms. The number of carbonyl (C=O) groups is 1. The average Bonchev–Trinajstić information content (AvgIpc) is 2.76. The number of carbonyl (C=O) groups excluding carboxylic acids is 1. The topological polar surface area (TPSA) is 80.0 Å². The third-order valence-electron chi connectivity index (χ3n) is 4.61. The Bertz CT molecular complexity index is 724. The molecule has 1 aliphatic heterocycles. The molecule has 2 N–H and O–H groups in total. The van der Waals surface area contributed by atoms with Crippen LogP contribution in [0.3, 0.4) is 0 Å². The Morgan fingerprint density at radius 2 is 1.50 bits per heavy atom. The van der Waals surface area contributed by atoms with Crippen LogP contribution >= 0.6 is 0 Å². The maximum absolute atomic E-state index is 12.1. The van der Waals surface area contributed by atoms with Crippen LogP contribution in [0.4, 0.5) is 0 Å². The van der Waals surface area contributed by atoms with Gasteiger partial charge in [0.25, 0.3) is 0 Å². The van der Waals surface area contributed by atoms with Gasteiger partial charge in [0, 0.05) is 0 Å². The van der Waals surface area contributed by atoms with Crippen molar-refractivity contribution in [1.29, 1.82) is 0 Å². The van der Waals surface area contributed by atoms with Gasteiger partial charge in [-0.3, -0.25) is 4.79 Å². The van der Waals surface area contributed by atoms with Gasteiger partial charge in [0.1, 0.15) is 24.4 Å². The molecule has 0 aliphatic carbocycles. The van der Waals surface area contributed by atoms with Crippen LogP contribution in [0.25, 0.3) is 0 Å². The Morgan fingerprint density at radius 1 is 0.929 bits per heavy atom. The van der Waals surface area contributed by atoms with Gasteiger partial charge >= 0.3 is 5.97 Å². The van der Waals surface area contributed by atoms with Crippen molar-refractivity contribution in [1.82, 2.24) is 0 Å². The van der Waals surface area contributed by atoms with Gasteiger partial charge in [0.2, 0.25) is 0 Å². The van der Waals surface area contributed by atoms with Crippen molar-refractivity contribution in [2.75, 3.05) is 13.2 Å². The van der Waals surface area contributed by atoms with Gasteiger partial charge in [0.05, 0.1) is 26.4 Å². The van der Waals surface area contributed by atoms with Gasteiger partial charge < -0.3 is 24.7 Å². The Morgan fingerprint density at radius 3 is 2.11 bits per heavy atom. The van der Waals surface area contributed by atoms with Crippen LogP contribution < -0.4 is 5.73 Å². The molecular formula is C22H27NO5. The van der Waals surface area contributed by atoms with E-state index in [0.29, 0.717) is 13.2 Å². The van der Waals surface area contributed by atoms with Crippen LogP contribution in [0.5, 0.6) is 0 Å². The van der Waals surface area contributed by atoms with Crippen molar-refractivity contribution in [2.24, 2.45) is 5.73 Å². The fraction of sp³-hybridized carbons (Fsp3) is 0.409. The minimum absolute atomic E-state index is 0.0855. The van der Waals surface area contributed by atoms with E-state index in [1.807, 2.05) is 60.7 Å². The van der Waals surface area contributed by atoms with Gasteiger partial charge in [0.15, 0.2) is 0 Å². The van der Waals surface area contributed by atoms with Crippen molar-refractivity contribution >= 4 is 5.97 Å². The predicted molar refractivity (Wildman–Crippen MR) is 104 cm³/mol. The highest BCUT2D eigenvalue weighted by molar-refractivity contribution is 5.75. The zero-order valence-corrected chi connectivity index (χ0v) is 16.0. The second kappa shape index (κ2) is 10.3. The quantitative estimate of drug-likeness (QED) is 0.770. The van der Waals surface area contributed by atoms with Gasteiger partial charge in [-0.05, 0) is 18.1 Å². The molecule has 0 saturated carbocycles. The van der Waals surface area contributed by atoms with E-state index in [4.69, 9.17) is 24.7 Å². The lowest BCUT2D eigenvalue weighted by Crippen LogP contribution is -2.44. The van der Waals surface area contributed by atoms with Gasteiger partial charge in [-0.25, -0.2) is 0 Å². The molecule has 4 atom stereocenters. The van der Waals surface area contributed by atoms with Gasteiger partial charge in [-0.1, -0.05) is 60.7 Å². The van der Waals surface area contributed by atoms with Crippen molar-refractivity contribution in [3.8, 4) is 0 Å². The summed E-state index contributed by atoms with van der Waals surface area (Å²) in [6.45, 7) is 2.94. The Labute approximate surface area is 165 Å². The summed E-state index contributed by atoms with van der Waals surface area (Å²) in [4.78, 5) is 12.1. The Kier molecular flexibility index (Phi) is 7.56. The summed E-state index contributed by atoms with van der Waals surface area (Å²) < 4.78 is 23.4. The van der Waals surface area contributed by atoms with Crippen LogP contribution in [0.2, 0.25) is 0 Å². The second-order valence-corrected chi connectivity index (χ2v) is 6.88. The molecule has 0 spiro atoms. The number of hydrogen-bond acceptors (Lipinski definition) is 6. The number of benzene rings is 2. The van der Waals surface area contributed by atoms with Crippen molar-refractivity contribution < 1.29 is 23.7 Å². The Hall–Kier alpha value is -2.25. The molecule has 0 radical (unpaired) electrons. The summed E-state index contributed by atoms with van der Waals surface area (Å²) in [5.41, 5.74) is 7.89. The van der Waals surface area contributed by atoms with E-state index < -0.39 is 30.3 Å². The molecule has 2 aromatic carbocycles. The van der Waals surface area contributed by atoms with Crippen LogP contribution in [-0.2, 0) is 37.0 Å². The summed E-state index contributed by atoms with van der Waals surface area (Å²) >= 11 is 0. The van der Waals surface area contributed by atoms with Crippen molar-refractivity contribution in [3.05, 3.63) is 71.8 Å². The number of cyclic esters (lactones) is 1. The molecular weight excluding hydrogens is 358 g/mol. The fourth-order valence-electron chi connectivity index (χ4n) is 3.04. The summed E-state index contributed by atoms with van der Waals surface area (Å²) in [5, 5.41) is 0. The maximum Gasteiger partial charge on any atom is 0.325 e. The molecule has 0 aromatic heterocycles. The first-order valence-corrected chi connectivity index (χ1v) is 9.48. The van der Waals surface area contributed by atoms with E-state index in [1.54, 1.807) is 6.92 Å². The molecule has 1 saturated heterocycles. The maximum atomic E-state index is 12.1. The van der Waals surface area contributed by atoms with Gasteiger partial charge in [-0.2, -0.15) is 0 Å². The first-order chi connectivity index (χ1) is 13.6. The number of hydrogen-bond donors (Lipinski definition) is 1. The molecule has 2 aromatic rings. The minimum Gasteiger partial charge on any atom is -0.459 e. The standard InChI is InChI=1S/C22H27NO5/c1-16-21(27-13-18-10-6-3-7-11-18)20(15-25-14-19(23)22(24)28-16)26-12-17-8-4-2-5-9-17/h2-11,16,19-21H,12-15,23H2,1H3/t16-,19+,20+,21+/m1/s1. The van der Waals surface area contributed by atoms with E-state index in [2.05, 4.69) is 0 Å². The van der Waals surface area contributed by atoms with E-state index in [9.17, 15) is 4.79 Å². The highest BCUT2D eigenvalue weighted by Gasteiger charge is 2.34. The third kappa shape index (κ3) is 5.87. The molecule has 0 bridgehead atoms. The molecule has 1 aliphatic rings. The zero-order chi connectivity index (χ0) is 19.8. The highest BCUT2D eigenvalue weighted by Crippen LogP contribution is 2.19. The molecule has 150 valence electrons. The van der Waals surface area contributed by atoms with E-state index >= 15 is 0 Å². The summed E-state index contributed by atoms with van der Waals surface area (Å²) in [6.07, 6.45) is -1.42. The van der Waals surface area contributed by atoms with E-state index in [-0.39, 0.29) is 13.2 Å². The first kappa shape index (κ1) is 20.5. The smallest absolute Gasteiger partial charge is 0.325 e. The monoisotopic (exact) mass is 385 g/mol. The van der Waals surface area contributed by atoms with Crippen molar-refractivity contribution in [3.63, 3.8) is 0 Å². The van der Waals surface area contributed by atoms with E-state index in [1.165, 1.54) is 0 Å². The summed E-state index contributed by atoms with van der Waals surface area (Å²) in [7, 11) is 0. The predicted octanol–water partition coefficient (Wildman–Crippen LogP) is 2.45. The number of esters is 1. The SMILES string of the molecule is C[C@H]1OC(=O)[C@@H](N)COC[C@H](OCc2ccccc2)[C@H]1OCc1ccccc1.